The first-order valence-electron chi connectivity index (χ1n) is 28.1. The van der Waals surface area contributed by atoms with Gasteiger partial charge in [0, 0.05) is 104 Å². The number of ketones is 1. The number of fused-ring (bicyclic) bond motifs is 8. The van der Waals surface area contributed by atoms with Crippen molar-refractivity contribution in [2.24, 2.45) is 0 Å². The summed E-state index contributed by atoms with van der Waals surface area (Å²) in [6, 6.07) is 30.3. The molecule has 0 saturated carbocycles. The molecule has 439 valence electrons. The summed E-state index contributed by atoms with van der Waals surface area (Å²) < 4.78 is 70.0. The summed E-state index contributed by atoms with van der Waals surface area (Å²) in [6.45, 7) is 15.3. The Labute approximate surface area is 518 Å². The molecule has 3 atom stereocenters. The van der Waals surface area contributed by atoms with Crippen molar-refractivity contribution < 1.29 is 88.5 Å². The van der Waals surface area contributed by atoms with Gasteiger partial charge in [0.15, 0.2) is 17.3 Å². The largest absolute Gasteiger partial charge is 0.493 e. The molecule has 0 fully saturated rings. The number of hydrogen-bond donors (Lipinski definition) is 1. The van der Waals surface area contributed by atoms with E-state index in [4.69, 9.17) is 28.4 Å². The molecule has 0 bridgehead atoms. The number of para-hydroxylation sites is 2. The monoisotopic (exact) mass is 1250 g/mol. The molecule has 4 heterocycles. The molecule has 0 aromatic heterocycles. The Morgan fingerprint density at radius 1 is 0.780 bits per heavy atom. The number of benzene rings is 5. The third-order valence-corrected chi connectivity index (χ3v) is 19.5. The number of methoxy groups -OCH3 is 2. The van der Waals surface area contributed by atoms with Gasteiger partial charge >= 0.3 is 0 Å². The molecule has 5 aromatic rings. The van der Waals surface area contributed by atoms with Crippen molar-refractivity contribution in [1.29, 1.82) is 0 Å². The predicted molar refractivity (Wildman–Crippen MR) is 324 cm³/mol. The standard InChI is InChI=1S/C61H72N3O12S3.C2H6.Y/c1-7-54(65)58(79(68,69)70)20-27-77-78-61(3,4)39-62(21-22-73-25-26-74-24-23-71-5)49-30-41(37-75-55-34-43-16-18-47-32-45-12-8-10-14-52(45)63(47)59(66)50(43)28-40(55)2)29-42(31-49)38-76-57-35-44-17-19-48-33-46-13-9-11-15-53(46)64(48)60(67)51(44)36-56(57)72-6;1-2;/h8-15,19,28-31,34-36,47-48,58H,7,16-18,20-27,32-33,37-39H2,1-6H3,(H,68,69,70);1-2H3;/q-1;;/t47-,48-,58?;;/m1../s1. The summed E-state index contributed by atoms with van der Waals surface area (Å²) in [5, 5.41) is -1.46. The smallest absolute Gasteiger partial charge is 0.275 e. The van der Waals surface area contributed by atoms with Crippen LogP contribution in [-0.4, -0.2) is 119 Å². The maximum atomic E-state index is 14.3. The minimum atomic E-state index is -4.54. The Morgan fingerprint density at radius 2 is 1.39 bits per heavy atom. The number of ether oxygens (including phenoxy) is 6. The molecule has 4 aliphatic rings. The first kappa shape index (κ1) is 65.1. The van der Waals surface area contributed by atoms with E-state index in [0.29, 0.717) is 86.7 Å². The van der Waals surface area contributed by atoms with E-state index < -0.39 is 25.9 Å². The first-order valence-corrected chi connectivity index (χ1v) is 32.0. The molecule has 82 heavy (non-hydrogen) atoms. The zero-order valence-corrected chi connectivity index (χ0v) is 53.9. The van der Waals surface area contributed by atoms with E-state index in [1.54, 1.807) is 38.0 Å². The molecular formula is C63H78N3O12S3Y-. The van der Waals surface area contributed by atoms with Crippen molar-refractivity contribution in [3.05, 3.63) is 147 Å². The Hall–Kier alpha value is -4.50. The van der Waals surface area contributed by atoms with Gasteiger partial charge in [0.1, 0.15) is 24.2 Å². The van der Waals surface area contributed by atoms with Crippen LogP contribution in [0.3, 0.4) is 0 Å². The number of carbonyl (C=O) groups excluding carboxylic acids is 3. The van der Waals surface area contributed by atoms with Crippen LogP contribution in [-0.2, 0) is 101 Å². The van der Waals surface area contributed by atoms with Crippen molar-refractivity contribution in [2.75, 3.05) is 80.8 Å². The Kier molecular flexibility index (Phi) is 23.8. The van der Waals surface area contributed by atoms with Crippen molar-refractivity contribution in [2.45, 2.75) is 122 Å². The van der Waals surface area contributed by atoms with Gasteiger partial charge in [0.05, 0.1) is 40.1 Å². The molecule has 1 unspecified atom stereocenters. The van der Waals surface area contributed by atoms with Crippen LogP contribution in [0.4, 0.5) is 17.1 Å². The number of Topliss-reactive ketones (excluding diaryl/α,β-unsaturated/α-hetero) is 1. The van der Waals surface area contributed by atoms with E-state index in [9.17, 15) is 27.4 Å². The topological polar surface area (TPSA) is 171 Å². The van der Waals surface area contributed by atoms with Crippen molar-refractivity contribution in [3.63, 3.8) is 0 Å². The maximum Gasteiger partial charge on any atom is 0.275 e. The molecule has 1 radical (unpaired) electrons. The quantitative estimate of drug-likeness (QED) is 0.0228. The Balaban J connectivity index is 0.00000319. The number of anilines is 3. The predicted octanol–water partition coefficient (Wildman–Crippen LogP) is 11.3. The Bertz CT molecular complexity index is 3140. The molecule has 2 amide bonds. The maximum absolute atomic E-state index is 14.3. The minimum Gasteiger partial charge on any atom is -0.493 e. The van der Waals surface area contributed by atoms with Crippen LogP contribution in [0.1, 0.15) is 114 Å². The van der Waals surface area contributed by atoms with Crippen LogP contribution in [0.5, 0.6) is 17.2 Å². The van der Waals surface area contributed by atoms with E-state index in [-0.39, 0.29) is 82.7 Å². The SMILES string of the molecule is CC.CCC(=O)C(CCSSC(C)(C)CN(CCOCCOCCOC)c1cc(COc2cc3c(cc2C)C(=O)N2c4ccccc4C[C@H]2CC3)cc(COc2cc3c(cc2OC)C(=O)N2c4ccccc4C[C@H]2[CH-]C3)c1)S(=O)(=O)O.[Y]. The zero-order valence-electron chi connectivity index (χ0n) is 48.6. The van der Waals surface area contributed by atoms with Crippen LogP contribution in [0.25, 0.3) is 0 Å². The van der Waals surface area contributed by atoms with Gasteiger partial charge in [-0.2, -0.15) is 14.8 Å². The van der Waals surface area contributed by atoms with E-state index in [1.165, 1.54) is 16.4 Å². The molecule has 0 aliphatic carbocycles. The van der Waals surface area contributed by atoms with E-state index in [0.717, 1.165) is 76.1 Å². The second-order valence-electron chi connectivity index (χ2n) is 21.2. The first-order chi connectivity index (χ1) is 39.0. The number of nitrogens with zero attached hydrogens (tertiary/aromatic N) is 3. The van der Waals surface area contributed by atoms with Crippen LogP contribution in [0, 0.1) is 13.3 Å². The van der Waals surface area contributed by atoms with Gasteiger partial charge in [0.25, 0.3) is 21.9 Å². The molecule has 15 nitrogen and oxygen atoms in total. The third-order valence-electron chi connectivity index (χ3n) is 15.0. The second-order valence-corrected chi connectivity index (χ2v) is 25.9. The summed E-state index contributed by atoms with van der Waals surface area (Å²) in [6.07, 6.45) is 5.99. The molecule has 4 aliphatic heterocycles. The second kappa shape index (κ2) is 30.0. The number of hydrogen-bond acceptors (Lipinski definition) is 14. The van der Waals surface area contributed by atoms with Gasteiger partial charge in [-0.3, -0.25) is 18.9 Å². The number of amides is 2. The van der Waals surface area contributed by atoms with Crippen LogP contribution >= 0.6 is 21.6 Å². The van der Waals surface area contributed by atoms with Gasteiger partial charge in [-0.25, -0.2) is 0 Å². The summed E-state index contributed by atoms with van der Waals surface area (Å²) in [5.41, 5.74) is 10.9. The Morgan fingerprint density at radius 3 is 2.06 bits per heavy atom. The van der Waals surface area contributed by atoms with E-state index in [2.05, 4.69) is 55.5 Å². The molecule has 0 saturated heterocycles. The normalized spacial score (nSPS) is 16.4. The van der Waals surface area contributed by atoms with Crippen molar-refractivity contribution >= 4 is 66.4 Å². The van der Waals surface area contributed by atoms with Gasteiger partial charge in [0.2, 0.25) is 0 Å². The molecule has 1 N–H and O–H groups in total. The number of carbonyl (C=O) groups is 3. The van der Waals surface area contributed by atoms with Crippen molar-refractivity contribution in [1.82, 2.24) is 0 Å². The average Bonchev–Trinajstić information content (AvgIpc) is 3.40. The van der Waals surface area contributed by atoms with Crippen LogP contribution in [0.2, 0.25) is 0 Å². The summed E-state index contributed by atoms with van der Waals surface area (Å²) in [5.74, 6) is 1.43. The number of aryl methyl sites for hydroxylation is 2. The third kappa shape index (κ3) is 15.9. The number of rotatable bonds is 27. The molecular weight excluding hydrogens is 1180 g/mol. The van der Waals surface area contributed by atoms with Gasteiger partial charge in [-0.05, 0) is 141 Å². The fourth-order valence-corrected chi connectivity index (χ4v) is 14.8. The molecule has 0 spiro atoms. The van der Waals surface area contributed by atoms with Gasteiger partial charge in [-0.15, -0.1) is 0 Å². The molecule has 9 rings (SSSR count). The summed E-state index contributed by atoms with van der Waals surface area (Å²) in [7, 11) is 1.72. The van der Waals surface area contributed by atoms with Crippen molar-refractivity contribution in [3.8, 4) is 17.2 Å². The van der Waals surface area contributed by atoms with Gasteiger partial charge < -0.3 is 49.5 Å². The summed E-state index contributed by atoms with van der Waals surface area (Å²) >= 11 is 0. The zero-order chi connectivity index (χ0) is 57.8. The van der Waals surface area contributed by atoms with Crippen LogP contribution < -0.4 is 28.9 Å². The van der Waals surface area contributed by atoms with Crippen LogP contribution in [0.15, 0.2) is 91.0 Å². The van der Waals surface area contributed by atoms with E-state index >= 15 is 0 Å². The molecule has 19 heteroatoms. The average molecular weight is 1250 g/mol. The fourth-order valence-electron chi connectivity index (χ4n) is 11.1. The minimum absolute atomic E-state index is 0. The van der Waals surface area contributed by atoms with E-state index in [1.807, 2.05) is 85.2 Å². The molecule has 5 aromatic carbocycles. The fraction of sp³-hybridized carbons (Fsp3) is 0.460. The summed E-state index contributed by atoms with van der Waals surface area (Å²) in [4.78, 5) is 47.2. The van der Waals surface area contributed by atoms with Gasteiger partial charge in [-0.1, -0.05) is 90.4 Å².